The van der Waals surface area contributed by atoms with Crippen molar-refractivity contribution in [3.05, 3.63) is 30.3 Å². The number of carbonyl (C=O) groups excluding carboxylic acids is 1. The Bertz CT molecular complexity index is 500. The van der Waals surface area contributed by atoms with Crippen LogP contribution in [0.3, 0.4) is 0 Å². The number of thiol groups is 1. The van der Waals surface area contributed by atoms with Crippen LogP contribution in [0.1, 0.15) is 38.5 Å². The Balaban J connectivity index is 2.31. The van der Waals surface area contributed by atoms with E-state index in [2.05, 4.69) is 12.6 Å². The third-order valence-corrected chi connectivity index (χ3v) is 4.48. The summed E-state index contributed by atoms with van der Waals surface area (Å²) >= 11 is 4.16. The summed E-state index contributed by atoms with van der Waals surface area (Å²) in [6.45, 7) is 0. The van der Waals surface area contributed by atoms with E-state index in [1.54, 1.807) is 12.1 Å². The first kappa shape index (κ1) is 16.9. The van der Waals surface area contributed by atoms with Crippen LogP contribution in [-0.4, -0.2) is 28.8 Å². The molecule has 0 unspecified atom stereocenters. The number of nitrogens with zero attached hydrogens (tertiary/aromatic N) is 1. The lowest BCUT2D eigenvalue weighted by Gasteiger charge is -2.33. The lowest BCUT2D eigenvalue weighted by atomic mass is 9.87. The van der Waals surface area contributed by atoms with Crippen molar-refractivity contribution >= 4 is 30.2 Å². The predicted octanol–water partition coefficient (Wildman–Crippen LogP) is 3.37. The van der Waals surface area contributed by atoms with Crippen LogP contribution < -0.4 is 4.90 Å². The minimum Gasteiger partial charge on any atom is -0.480 e. The fourth-order valence-corrected chi connectivity index (χ4v) is 3.33. The second kappa shape index (κ2) is 8.22. The Labute approximate surface area is 136 Å². The second-order valence-electron chi connectivity index (χ2n) is 5.75. The molecule has 0 heterocycles. The molecule has 120 valence electrons. The minimum atomic E-state index is -0.970. The first-order chi connectivity index (χ1) is 10.6. The molecule has 1 amide bonds. The molecule has 5 heteroatoms. The van der Waals surface area contributed by atoms with Gasteiger partial charge in [-0.3, -0.25) is 9.69 Å². The molecule has 1 aromatic rings. The number of benzene rings is 1. The summed E-state index contributed by atoms with van der Waals surface area (Å²) in [4.78, 5) is 26.1. The average molecular weight is 321 g/mol. The van der Waals surface area contributed by atoms with Gasteiger partial charge in [0.05, 0.1) is 0 Å². The molecule has 1 fully saturated rings. The Kier molecular flexibility index (Phi) is 6.31. The molecule has 22 heavy (non-hydrogen) atoms. The monoisotopic (exact) mass is 321 g/mol. The maximum Gasteiger partial charge on any atom is 0.326 e. The van der Waals surface area contributed by atoms with Crippen molar-refractivity contribution < 1.29 is 14.7 Å². The van der Waals surface area contributed by atoms with Gasteiger partial charge in [0.1, 0.15) is 6.04 Å². The van der Waals surface area contributed by atoms with Gasteiger partial charge in [-0.2, -0.15) is 12.6 Å². The maximum atomic E-state index is 13.0. The zero-order valence-corrected chi connectivity index (χ0v) is 13.5. The first-order valence-electron chi connectivity index (χ1n) is 7.87. The highest BCUT2D eigenvalue weighted by Crippen LogP contribution is 2.29. The van der Waals surface area contributed by atoms with Crippen LogP contribution in [0.15, 0.2) is 30.3 Å². The van der Waals surface area contributed by atoms with Gasteiger partial charge in [-0.1, -0.05) is 37.5 Å². The van der Waals surface area contributed by atoms with Gasteiger partial charge >= 0.3 is 5.97 Å². The molecular formula is C17H23NO3S. The third kappa shape index (κ3) is 4.03. The fourth-order valence-electron chi connectivity index (χ4n) is 3.08. The van der Waals surface area contributed by atoms with Crippen molar-refractivity contribution in [1.82, 2.24) is 0 Å². The summed E-state index contributed by atoms with van der Waals surface area (Å²) in [5, 5.41) is 9.56. The van der Waals surface area contributed by atoms with E-state index in [1.807, 2.05) is 18.2 Å². The van der Waals surface area contributed by atoms with Crippen LogP contribution in [0.4, 0.5) is 5.69 Å². The number of hydrogen-bond acceptors (Lipinski definition) is 3. The van der Waals surface area contributed by atoms with Gasteiger partial charge in [-0.25, -0.2) is 4.79 Å². The Morgan fingerprint density at radius 2 is 1.82 bits per heavy atom. The van der Waals surface area contributed by atoms with Crippen LogP contribution in [0, 0.1) is 5.92 Å². The molecule has 0 aliphatic heterocycles. The molecule has 1 aliphatic rings. The van der Waals surface area contributed by atoms with Gasteiger partial charge in [0.15, 0.2) is 0 Å². The second-order valence-corrected chi connectivity index (χ2v) is 6.19. The van der Waals surface area contributed by atoms with Gasteiger partial charge in [0.2, 0.25) is 5.91 Å². The summed E-state index contributed by atoms with van der Waals surface area (Å²) in [7, 11) is 0. The highest BCUT2D eigenvalue weighted by atomic mass is 32.1. The van der Waals surface area contributed by atoms with Crippen LogP contribution in [0.5, 0.6) is 0 Å². The van der Waals surface area contributed by atoms with Gasteiger partial charge < -0.3 is 5.11 Å². The quantitative estimate of drug-likeness (QED) is 0.790. The normalized spacial score (nSPS) is 17.0. The minimum absolute atomic E-state index is 0.0555. The number of anilines is 1. The van der Waals surface area contributed by atoms with E-state index in [0.717, 1.165) is 32.1 Å². The number of rotatable bonds is 6. The molecule has 0 radical (unpaired) electrons. The van der Waals surface area contributed by atoms with Crippen molar-refractivity contribution in [3.8, 4) is 0 Å². The largest absolute Gasteiger partial charge is 0.480 e. The topological polar surface area (TPSA) is 57.6 Å². The molecule has 0 aromatic heterocycles. The van der Waals surface area contributed by atoms with Gasteiger partial charge in [0, 0.05) is 11.6 Å². The third-order valence-electron chi connectivity index (χ3n) is 4.23. The number of amides is 1. The lowest BCUT2D eigenvalue weighted by Crippen LogP contribution is -2.48. The van der Waals surface area contributed by atoms with Crippen LogP contribution in [0.2, 0.25) is 0 Å². The highest BCUT2D eigenvalue weighted by molar-refractivity contribution is 7.80. The van der Waals surface area contributed by atoms with Crippen molar-refractivity contribution in [2.24, 2.45) is 5.92 Å². The molecule has 0 saturated heterocycles. The summed E-state index contributed by atoms with van der Waals surface area (Å²) in [5.41, 5.74) is 0.659. The lowest BCUT2D eigenvalue weighted by molar-refractivity contribution is -0.140. The van der Waals surface area contributed by atoms with Crippen LogP contribution >= 0.6 is 12.6 Å². The average Bonchev–Trinajstić information content (AvgIpc) is 2.56. The van der Waals surface area contributed by atoms with Gasteiger partial charge in [-0.15, -0.1) is 0 Å². The zero-order chi connectivity index (χ0) is 15.9. The number of hydrogen-bond donors (Lipinski definition) is 2. The van der Waals surface area contributed by atoms with E-state index in [9.17, 15) is 14.7 Å². The number of carboxylic acid groups (broad SMARTS) is 1. The van der Waals surface area contributed by atoms with E-state index in [0.29, 0.717) is 17.9 Å². The number of aliphatic carboxylic acids is 1. The summed E-state index contributed by atoms with van der Waals surface area (Å²) in [6.07, 6.45) is 5.30. The van der Waals surface area contributed by atoms with E-state index >= 15 is 0 Å². The molecule has 2 rings (SSSR count). The molecule has 4 nitrogen and oxygen atoms in total. The van der Waals surface area contributed by atoms with Crippen LogP contribution in [-0.2, 0) is 9.59 Å². The first-order valence-corrected chi connectivity index (χ1v) is 8.50. The highest BCUT2D eigenvalue weighted by Gasteiger charge is 2.34. The van der Waals surface area contributed by atoms with Crippen molar-refractivity contribution in [2.75, 3.05) is 10.7 Å². The zero-order valence-electron chi connectivity index (χ0n) is 12.6. The van der Waals surface area contributed by atoms with E-state index in [4.69, 9.17) is 0 Å². The van der Waals surface area contributed by atoms with E-state index in [1.165, 1.54) is 4.90 Å². The standard InChI is InChI=1S/C17H23NO3S/c19-16(13-7-3-1-4-8-13)18(14-9-5-2-6-10-14)15(11-12-22)17(20)21/h2,5-6,9-10,13,15,22H,1,3-4,7-8,11-12H2,(H,20,21)/t15-/m0/s1. The molecule has 1 aromatic carbocycles. The molecule has 0 bridgehead atoms. The van der Waals surface area contributed by atoms with Gasteiger partial charge in [0.25, 0.3) is 0 Å². The summed E-state index contributed by atoms with van der Waals surface area (Å²) in [5.74, 6) is -0.656. The molecule has 1 saturated carbocycles. The van der Waals surface area contributed by atoms with E-state index in [-0.39, 0.29) is 11.8 Å². The number of carboxylic acids is 1. The Morgan fingerprint density at radius 3 is 2.36 bits per heavy atom. The molecule has 1 aliphatic carbocycles. The summed E-state index contributed by atoms with van der Waals surface area (Å²) < 4.78 is 0. The van der Waals surface area contributed by atoms with Gasteiger partial charge in [-0.05, 0) is 37.1 Å². The number of carbonyl (C=O) groups is 2. The Hall–Kier alpha value is -1.49. The van der Waals surface area contributed by atoms with Crippen molar-refractivity contribution in [1.29, 1.82) is 0 Å². The fraction of sp³-hybridized carbons (Fsp3) is 0.529. The maximum absolute atomic E-state index is 13.0. The smallest absolute Gasteiger partial charge is 0.326 e. The Morgan fingerprint density at radius 1 is 1.18 bits per heavy atom. The molecular weight excluding hydrogens is 298 g/mol. The van der Waals surface area contributed by atoms with Crippen molar-refractivity contribution in [3.63, 3.8) is 0 Å². The van der Waals surface area contributed by atoms with E-state index < -0.39 is 12.0 Å². The SMILES string of the molecule is O=C(O)[C@H](CCS)N(C(=O)C1CCCCC1)c1ccccc1. The predicted molar refractivity (Wildman–Crippen MR) is 90.4 cm³/mol. The molecule has 1 N–H and O–H groups in total. The molecule has 1 atom stereocenters. The van der Waals surface area contributed by atoms with Crippen LogP contribution in [0.25, 0.3) is 0 Å². The van der Waals surface area contributed by atoms with Crippen molar-refractivity contribution in [2.45, 2.75) is 44.6 Å². The summed E-state index contributed by atoms with van der Waals surface area (Å²) in [6, 6.07) is 8.27. The number of para-hydroxylation sites is 1. The molecule has 0 spiro atoms.